The van der Waals surface area contributed by atoms with Gasteiger partial charge in [-0.2, -0.15) is 0 Å². The number of nitrogens with one attached hydrogen (secondary N) is 1. The first kappa shape index (κ1) is 17.8. The molecule has 1 amide bonds. The highest BCUT2D eigenvalue weighted by atomic mass is 79.9. The summed E-state index contributed by atoms with van der Waals surface area (Å²) in [4.78, 5) is 13.6. The number of carbonyl (C=O) groups excluding carboxylic acids is 1. The monoisotopic (exact) mass is 397 g/mol. The molecule has 2 rings (SSSR count). The molecule has 0 radical (unpaired) electrons. The van der Waals surface area contributed by atoms with Crippen molar-refractivity contribution in [1.29, 1.82) is 0 Å². The van der Waals surface area contributed by atoms with Crippen LogP contribution >= 0.6 is 27.3 Å². The van der Waals surface area contributed by atoms with Gasteiger partial charge in [-0.1, -0.05) is 13.0 Å². The molecular formula is C17H20BrNO3S. The average molecular weight is 398 g/mol. The van der Waals surface area contributed by atoms with Gasteiger partial charge >= 0.3 is 0 Å². The number of benzene rings is 1. The van der Waals surface area contributed by atoms with Crippen molar-refractivity contribution in [3.63, 3.8) is 0 Å². The first-order chi connectivity index (χ1) is 11.1. The average Bonchev–Trinajstić information content (AvgIpc) is 3.07. The van der Waals surface area contributed by atoms with Gasteiger partial charge in [-0.15, -0.1) is 11.3 Å². The molecule has 2 aromatic rings. The van der Waals surface area contributed by atoms with Gasteiger partial charge in [-0.25, -0.2) is 0 Å². The van der Waals surface area contributed by atoms with Gasteiger partial charge in [-0.05, 0) is 52.9 Å². The Bertz CT molecular complexity index is 658. The lowest BCUT2D eigenvalue weighted by Gasteiger charge is -2.16. The molecule has 1 heterocycles. The van der Waals surface area contributed by atoms with Crippen LogP contribution in [0.2, 0.25) is 0 Å². The Hall–Kier alpha value is -1.53. The van der Waals surface area contributed by atoms with E-state index in [4.69, 9.17) is 9.47 Å². The SMILES string of the molecule is CCCOc1c(Br)cc(C(=O)NC(C)c2cccs2)cc1OC. The third kappa shape index (κ3) is 4.48. The Morgan fingerprint density at radius 1 is 1.43 bits per heavy atom. The summed E-state index contributed by atoms with van der Waals surface area (Å²) in [5.41, 5.74) is 0.529. The van der Waals surface area contributed by atoms with Gasteiger partial charge in [0, 0.05) is 10.4 Å². The number of methoxy groups -OCH3 is 1. The van der Waals surface area contributed by atoms with Gasteiger partial charge in [0.15, 0.2) is 11.5 Å². The lowest BCUT2D eigenvalue weighted by atomic mass is 10.1. The van der Waals surface area contributed by atoms with Crippen LogP contribution in [0.15, 0.2) is 34.1 Å². The van der Waals surface area contributed by atoms with Crippen molar-refractivity contribution >= 4 is 33.2 Å². The standard InChI is InChI=1S/C17H20BrNO3S/c1-4-7-22-16-13(18)9-12(10-14(16)21-3)17(20)19-11(2)15-6-5-8-23-15/h5-6,8-11H,4,7H2,1-3H3,(H,19,20). The van der Waals surface area contributed by atoms with Crippen LogP contribution in [-0.4, -0.2) is 19.6 Å². The van der Waals surface area contributed by atoms with Gasteiger partial charge in [0.25, 0.3) is 5.91 Å². The molecule has 0 aliphatic carbocycles. The summed E-state index contributed by atoms with van der Waals surface area (Å²) >= 11 is 5.08. The highest BCUT2D eigenvalue weighted by molar-refractivity contribution is 9.10. The summed E-state index contributed by atoms with van der Waals surface area (Å²) in [7, 11) is 1.57. The Labute approximate surface area is 148 Å². The Morgan fingerprint density at radius 3 is 2.83 bits per heavy atom. The molecule has 0 saturated heterocycles. The molecule has 4 nitrogen and oxygen atoms in total. The number of amides is 1. The summed E-state index contributed by atoms with van der Waals surface area (Å²) in [6.45, 7) is 4.60. The van der Waals surface area contributed by atoms with E-state index in [2.05, 4.69) is 21.2 Å². The van der Waals surface area contributed by atoms with Crippen LogP contribution in [0.3, 0.4) is 0 Å². The lowest BCUT2D eigenvalue weighted by Crippen LogP contribution is -2.26. The van der Waals surface area contributed by atoms with Crippen molar-refractivity contribution in [3.8, 4) is 11.5 Å². The summed E-state index contributed by atoms with van der Waals surface area (Å²) in [6.07, 6.45) is 0.899. The molecule has 124 valence electrons. The molecule has 1 aromatic heterocycles. The molecule has 0 aliphatic rings. The number of ether oxygens (including phenoxy) is 2. The fourth-order valence-electron chi connectivity index (χ4n) is 2.08. The normalized spacial score (nSPS) is 11.8. The minimum Gasteiger partial charge on any atom is -0.493 e. The third-order valence-electron chi connectivity index (χ3n) is 3.26. The fraction of sp³-hybridized carbons (Fsp3) is 0.353. The highest BCUT2D eigenvalue weighted by Gasteiger charge is 2.17. The van der Waals surface area contributed by atoms with E-state index >= 15 is 0 Å². The van der Waals surface area contributed by atoms with Crippen molar-refractivity contribution in [2.45, 2.75) is 26.3 Å². The van der Waals surface area contributed by atoms with Crippen molar-refractivity contribution in [3.05, 3.63) is 44.6 Å². The maximum atomic E-state index is 12.5. The van der Waals surface area contributed by atoms with Crippen LogP contribution in [0.25, 0.3) is 0 Å². The van der Waals surface area contributed by atoms with Crippen molar-refractivity contribution in [1.82, 2.24) is 5.32 Å². The van der Waals surface area contributed by atoms with Crippen LogP contribution in [0.4, 0.5) is 0 Å². The van der Waals surface area contributed by atoms with E-state index < -0.39 is 0 Å². The van der Waals surface area contributed by atoms with E-state index in [9.17, 15) is 4.79 Å². The molecule has 6 heteroatoms. The molecule has 23 heavy (non-hydrogen) atoms. The topological polar surface area (TPSA) is 47.6 Å². The highest BCUT2D eigenvalue weighted by Crippen LogP contribution is 2.37. The Kier molecular flexibility index (Phi) is 6.47. The predicted molar refractivity (Wildman–Crippen MR) is 96.7 cm³/mol. The number of rotatable bonds is 7. The molecule has 0 fully saturated rings. The largest absolute Gasteiger partial charge is 0.493 e. The van der Waals surface area contributed by atoms with Crippen LogP contribution in [0.5, 0.6) is 11.5 Å². The molecule has 1 atom stereocenters. The van der Waals surface area contributed by atoms with Crippen LogP contribution in [0.1, 0.15) is 41.5 Å². The maximum absolute atomic E-state index is 12.5. The second-order valence-electron chi connectivity index (χ2n) is 5.05. The van der Waals surface area contributed by atoms with Crippen LogP contribution < -0.4 is 14.8 Å². The summed E-state index contributed by atoms with van der Waals surface area (Å²) in [6, 6.07) is 7.40. The number of carbonyl (C=O) groups is 1. The second kappa shape index (κ2) is 8.36. The summed E-state index contributed by atoms with van der Waals surface area (Å²) in [5.74, 6) is 1.02. The molecule has 0 saturated carbocycles. The van der Waals surface area contributed by atoms with E-state index in [1.807, 2.05) is 31.4 Å². The van der Waals surface area contributed by atoms with Gasteiger partial charge in [0.05, 0.1) is 24.2 Å². The van der Waals surface area contributed by atoms with Gasteiger partial charge in [0.1, 0.15) is 0 Å². The van der Waals surface area contributed by atoms with Crippen LogP contribution in [0, 0.1) is 0 Å². The summed E-state index contributed by atoms with van der Waals surface area (Å²) < 4.78 is 11.7. The van der Waals surface area contributed by atoms with Gasteiger partial charge in [-0.3, -0.25) is 4.79 Å². The maximum Gasteiger partial charge on any atom is 0.251 e. The Morgan fingerprint density at radius 2 is 2.22 bits per heavy atom. The molecule has 1 N–H and O–H groups in total. The quantitative estimate of drug-likeness (QED) is 0.729. The van der Waals surface area contributed by atoms with Crippen molar-refractivity contribution in [2.24, 2.45) is 0 Å². The Balaban J connectivity index is 2.18. The number of halogens is 1. The minimum absolute atomic E-state index is 0.0386. The van der Waals surface area contributed by atoms with E-state index in [-0.39, 0.29) is 11.9 Å². The van der Waals surface area contributed by atoms with E-state index in [0.29, 0.717) is 28.1 Å². The smallest absolute Gasteiger partial charge is 0.251 e. The molecule has 0 aliphatic heterocycles. The first-order valence-corrected chi connectivity index (χ1v) is 9.08. The second-order valence-corrected chi connectivity index (χ2v) is 6.88. The lowest BCUT2D eigenvalue weighted by molar-refractivity contribution is 0.0940. The number of hydrogen-bond donors (Lipinski definition) is 1. The predicted octanol–water partition coefficient (Wildman–Crippen LogP) is 4.80. The zero-order valence-electron chi connectivity index (χ0n) is 13.4. The molecule has 1 unspecified atom stereocenters. The zero-order chi connectivity index (χ0) is 16.8. The summed E-state index contributed by atoms with van der Waals surface area (Å²) in [5, 5.41) is 4.99. The van der Waals surface area contributed by atoms with Crippen molar-refractivity contribution < 1.29 is 14.3 Å². The van der Waals surface area contributed by atoms with E-state index in [1.165, 1.54) is 0 Å². The van der Waals surface area contributed by atoms with Crippen molar-refractivity contribution in [2.75, 3.05) is 13.7 Å². The number of thiophene rings is 1. The third-order valence-corrected chi connectivity index (χ3v) is 4.90. The van der Waals surface area contributed by atoms with Gasteiger partial charge in [0.2, 0.25) is 0 Å². The molecule has 0 bridgehead atoms. The molecule has 0 spiro atoms. The van der Waals surface area contributed by atoms with Gasteiger partial charge < -0.3 is 14.8 Å². The molecule has 1 aromatic carbocycles. The fourth-order valence-corrected chi connectivity index (χ4v) is 3.37. The van der Waals surface area contributed by atoms with Crippen LogP contribution in [-0.2, 0) is 0 Å². The van der Waals surface area contributed by atoms with E-state index in [1.54, 1.807) is 30.6 Å². The van der Waals surface area contributed by atoms with E-state index in [0.717, 1.165) is 11.3 Å². The first-order valence-electron chi connectivity index (χ1n) is 7.41. The number of hydrogen-bond acceptors (Lipinski definition) is 4. The minimum atomic E-state index is -0.146. The zero-order valence-corrected chi connectivity index (χ0v) is 15.8. The molecular weight excluding hydrogens is 378 g/mol.